The van der Waals surface area contributed by atoms with E-state index >= 15 is 0 Å². The summed E-state index contributed by atoms with van der Waals surface area (Å²) in [4.78, 5) is 15.1. The van der Waals surface area contributed by atoms with E-state index in [9.17, 15) is 9.90 Å². The maximum Gasteiger partial charge on any atom is 0.226 e. The number of likely N-dealkylation sites (tertiary alicyclic amines) is 1. The third kappa shape index (κ3) is 2.77. The topological polar surface area (TPSA) is 40.5 Å². The first-order valence-corrected chi connectivity index (χ1v) is 9.12. The van der Waals surface area contributed by atoms with Gasteiger partial charge in [-0.1, -0.05) is 58.0 Å². The number of carbonyl (C=O) groups excluding carboxylic acids is 1. The number of hydrogen-bond acceptors (Lipinski definition) is 2. The van der Waals surface area contributed by atoms with Crippen LogP contribution in [0.25, 0.3) is 0 Å². The van der Waals surface area contributed by atoms with Gasteiger partial charge in [0.05, 0.1) is 5.60 Å². The predicted octanol–water partition coefficient (Wildman–Crippen LogP) is 3.51. The van der Waals surface area contributed by atoms with Crippen molar-refractivity contribution in [2.24, 2.45) is 22.7 Å². The Bertz CT molecular complexity index is 604. The van der Waals surface area contributed by atoms with Crippen molar-refractivity contribution in [3.8, 4) is 0 Å². The van der Waals surface area contributed by atoms with E-state index in [0.29, 0.717) is 19.5 Å². The summed E-state index contributed by atoms with van der Waals surface area (Å²) in [6, 6.07) is 10.3. The molecule has 0 bridgehead atoms. The van der Waals surface area contributed by atoms with Crippen LogP contribution < -0.4 is 0 Å². The van der Waals surface area contributed by atoms with Crippen LogP contribution in [0.15, 0.2) is 30.3 Å². The van der Waals surface area contributed by atoms with Gasteiger partial charge in [0.2, 0.25) is 5.91 Å². The molecule has 0 unspecified atom stereocenters. The molecule has 3 nitrogen and oxygen atoms in total. The van der Waals surface area contributed by atoms with Crippen LogP contribution in [0, 0.1) is 22.7 Å². The van der Waals surface area contributed by atoms with Crippen molar-refractivity contribution >= 4 is 5.91 Å². The van der Waals surface area contributed by atoms with Gasteiger partial charge in [-0.25, -0.2) is 0 Å². The average Bonchev–Trinajstić information content (AvgIpc) is 2.91. The van der Waals surface area contributed by atoms with Crippen molar-refractivity contribution in [1.82, 2.24) is 4.90 Å². The Labute approximate surface area is 146 Å². The standard InChI is InChI=1S/C21H31NO2/c1-19(2)17(20(19,3)4)18(23)22-12-11-21(5,24)16(14-22)13-15-9-7-6-8-10-15/h6-10,16-17,24H,11-14H2,1-5H3/t16-,21+/m0/s1. The second-order valence-electron chi connectivity index (χ2n) is 9.15. The number of nitrogens with zero attached hydrogens (tertiary/aromatic N) is 1. The molecule has 1 saturated carbocycles. The van der Waals surface area contributed by atoms with E-state index < -0.39 is 5.60 Å². The minimum absolute atomic E-state index is 0.0684. The molecule has 1 aliphatic carbocycles. The van der Waals surface area contributed by atoms with Gasteiger partial charge in [0.15, 0.2) is 0 Å². The minimum atomic E-state index is -0.707. The first-order valence-electron chi connectivity index (χ1n) is 9.12. The fourth-order valence-corrected chi connectivity index (χ4v) is 4.50. The number of piperidine rings is 1. The molecule has 1 amide bonds. The molecule has 132 valence electrons. The summed E-state index contributed by atoms with van der Waals surface area (Å²) >= 11 is 0. The van der Waals surface area contributed by atoms with Crippen LogP contribution in [-0.4, -0.2) is 34.6 Å². The maximum atomic E-state index is 13.0. The SMILES string of the molecule is CC1(C)C(C(=O)N2CC[C@@](C)(O)[C@@H](Cc3ccccc3)C2)C1(C)C. The molecular formula is C21H31NO2. The normalized spacial score (nSPS) is 31.8. The zero-order valence-corrected chi connectivity index (χ0v) is 15.7. The van der Waals surface area contributed by atoms with Crippen LogP contribution >= 0.6 is 0 Å². The molecular weight excluding hydrogens is 298 g/mol. The zero-order chi connectivity index (χ0) is 17.8. The summed E-state index contributed by atoms with van der Waals surface area (Å²) in [5.74, 6) is 0.464. The maximum absolute atomic E-state index is 13.0. The highest BCUT2D eigenvalue weighted by atomic mass is 16.3. The molecule has 2 aliphatic rings. The summed E-state index contributed by atoms with van der Waals surface area (Å²) in [6.07, 6.45) is 1.47. The van der Waals surface area contributed by atoms with Gasteiger partial charge in [-0.3, -0.25) is 4.79 Å². The first kappa shape index (κ1) is 17.5. The molecule has 0 spiro atoms. The Hall–Kier alpha value is -1.35. The summed E-state index contributed by atoms with van der Waals surface area (Å²) < 4.78 is 0. The fourth-order valence-electron chi connectivity index (χ4n) is 4.50. The van der Waals surface area contributed by atoms with E-state index in [0.717, 1.165) is 6.42 Å². The van der Waals surface area contributed by atoms with Crippen molar-refractivity contribution in [1.29, 1.82) is 0 Å². The lowest BCUT2D eigenvalue weighted by Crippen LogP contribution is -2.53. The molecule has 1 aromatic carbocycles. The number of carbonyl (C=O) groups is 1. The van der Waals surface area contributed by atoms with Crippen molar-refractivity contribution in [2.75, 3.05) is 13.1 Å². The van der Waals surface area contributed by atoms with E-state index in [1.165, 1.54) is 5.56 Å². The van der Waals surface area contributed by atoms with Gasteiger partial charge in [0, 0.05) is 24.9 Å². The molecule has 2 atom stereocenters. The number of hydrogen-bond donors (Lipinski definition) is 1. The van der Waals surface area contributed by atoms with Crippen LogP contribution in [0.4, 0.5) is 0 Å². The quantitative estimate of drug-likeness (QED) is 0.922. The van der Waals surface area contributed by atoms with E-state index in [1.54, 1.807) is 0 Å². The van der Waals surface area contributed by atoms with Gasteiger partial charge in [0.25, 0.3) is 0 Å². The van der Waals surface area contributed by atoms with Crippen molar-refractivity contribution in [3.63, 3.8) is 0 Å². The highest BCUT2D eigenvalue weighted by Crippen LogP contribution is 2.68. The molecule has 1 heterocycles. The molecule has 24 heavy (non-hydrogen) atoms. The van der Waals surface area contributed by atoms with Crippen molar-refractivity contribution in [2.45, 2.75) is 53.1 Å². The highest BCUT2D eigenvalue weighted by Gasteiger charge is 2.69. The smallest absolute Gasteiger partial charge is 0.226 e. The Morgan fingerprint density at radius 3 is 2.25 bits per heavy atom. The van der Waals surface area contributed by atoms with E-state index in [2.05, 4.69) is 39.8 Å². The fraction of sp³-hybridized carbons (Fsp3) is 0.667. The second kappa shape index (κ2) is 5.59. The van der Waals surface area contributed by atoms with Crippen LogP contribution in [0.2, 0.25) is 0 Å². The lowest BCUT2D eigenvalue weighted by molar-refractivity contribution is -0.141. The second-order valence-corrected chi connectivity index (χ2v) is 9.15. The monoisotopic (exact) mass is 329 g/mol. The predicted molar refractivity (Wildman–Crippen MR) is 96.5 cm³/mol. The largest absolute Gasteiger partial charge is 0.390 e. The van der Waals surface area contributed by atoms with E-state index in [4.69, 9.17) is 0 Å². The summed E-state index contributed by atoms with van der Waals surface area (Å²) in [6.45, 7) is 12.0. The van der Waals surface area contributed by atoms with Crippen molar-refractivity contribution < 1.29 is 9.90 Å². The molecule has 0 aromatic heterocycles. The lowest BCUT2D eigenvalue weighted by atomic mass is 9.78. The Morgan fingerprint density at radius 1 is 1.12 bits per heavy atom. The molecule has 1 N–H and O–H groups in total. The summed E-state index contributed by atoms with van der Waals surface area (Å²) in [5, 5.41) is 10.8. The Balaban J connectivity index is 1.73. The van der Waals surface area contributed by atoms with Gasteiger partial charge in [-0.2, -0.15) is 0 Å². The minimum Gasteiger partial charge on any atom is -0.390 e. The highest BCUT2D eigenvalue weighted by molar-refractivity contribution is 5.84. The third-order valence-corrected chi connectivity index (χ3v) is 7.11. The van der Waals surface area contributed by atoms with Crippen LogP contribution in [-0.2, 0) is 11.2 Å². The van der Waals surface area contributed by atoms with Crippen molar-refractivity contribution in [3.05, 3.63) is 35.9 Å². The van der Waals surface area contributed by atoms with Crippen LogP contribution in [0.1, 0.15) is 46.6 Å². The average molecular weight is 329 g/mol. The molecule has 0 radical (unpaired) electrons. The number of aliphatic hydroxyl groups is 1. The van der Waals surface area contributed by atoms with Gasteiger partial charge in [-0.05, 0) is 36.2 Å². The molecule has 2 fully saturated rings. The van der Waals surface area contributed by atoms with Gasteiger partial charge < -0.3 is 10.0 Å². The van der Waals surface area contributed by atoms with Crippen LogP contribution in [0.3, 0.4) is 0 Å². The number of benzene rings is 1. The first-order chi connectivity index (χ1) is 11.1. The summed E-state index contributed by atoms with van der Waals surface area (Å²) in [7, 11) is 0. The number of rotatable bonds is 3. The zero-order valence-electron chi connectivity index (χ0n) is 15.7. The molecule has 1 aromatic rings. The summed E-state index contributed by atoms with van der Waals surface area (Å²) in [5.41, 5.74) is 0.656. The van der Waals surface area contributed by atoms with Gasteiger partial charge in [0.1, 0.15) is 0 Å². The molecule has 1 aliphatic heterocycles. The van der Waals surface area contributed by atoms with Gasteiger partial charge >= 0.3 is 0 Å². The van der Waals surface area contributed by atoms with E-state index in [-0.39, 0.29) is 28.6 Å². The number of amides is 1. The Kier molecular flexibility index (Phi) is 4.07. The van der Waals surface area contributed by atoms with Gasteiger partial charge in [-0.15, -0.1) is 0 Å². The molecule has 3 heteroatoms. The van der Waals surface area contributed by atoms with E-state index in [1.807, 2.05) is 30.0 Å². The molecule has 3 rings (SSSR count). The Morgan fingerprint density at radius 2 is 1.71 bits per heavy atom. The molecule has 1 saturated heterocycles. The van der Waals surface area contributed by atoms with Crippen LogP contribution in [0.5, 0.6) is 0 Å². The lowest BCUT2D eigenvalue weighted by Gasteiger charge is -2.43. The third-order valence-electron chi connectivity index (χ3n) is 7.11.